The summed E-state index contributed by atoms with van der Waals surface area (Å²) in [5.41, 5.74) is 1.65. The van der Waals surface area contributed by atoms with E-state index in [0.29, 0.717) is 17.1 Å². The van der Waals surface area contributed by atoms with Crippen molar-refractivity contribution in [3.63, 3.8) is 0 Å². The second kappa shape index (κ2) is 13.9. The van der Waals surface area contributed by atoms with Crippen molar-refractivity contribution in [3.05, 3.63) is 87.9 Å². The third kappa shape index (κ3) is 7.68. The first kappa shape index (κ1) is 31.3. The first-order chi connectivity index (χ1) is 19.0. The number of hydrogen-bond donors (Lipinski definition) is 1. The zero-order chi connectivity index (χ0) is 29.4. The van der Waals surface area contributed by atoms with Gasteiger partial charge in [-0.15, -0.1) is 0 Å². The van der Waals surface area contributed by atoms with Crippen LogP contribution in [0.5, 0.6) is 5.75 Å². The quantitative estimate of drug-likeness (QED) is 0.296. The second-order valence-electron chi connectivity index (χ2n) is 9.26. The third-order valence-corrected chi connectivity index (χ3v) is 8.50. The minimum atomic E-state index is -4.26. The van der Waals surface area contributed by atoms with E-state index in [-0.39, 0.29) is 33.8 Å². The van der Waals surface area contributed by atoms with E-state index in [4.69, 9.17) is 27.9 Å². The van der Waals surface area contributed by atoms with Crippen molar-refractivity contribution in [3.8, 4) is 5.75 Å². The summed E-state index contributed by atoms with van der Waals surface area (Å²) in [5.74, 6) is -0.745. The molecule has 8 nitrogen and oxygen atoms in total. The van der Waals surface area contributed by atoms with E-state index < -0.39 is 28.5 Å². The van der Waals surface area contributed by atoms with Crippen LogP contribution in [0.25, 0.3) is 0 Å². The van der Waals surface area contributed by atoms with Crippen LogP contribution < -0.4 is 14.4 Å². The lowest BCUT2D eigenvalue weighted by molar-refractivity contribution is -0.139. The minimum absolute atomic E-state index is 0.0111. The van der Waals surface area contributed by atoms with Gasteiger partial charge < -0.3 is 15.0 Å². The molecule has 3 aromatic rings. The zero-order valence-corrected chi connectivity index (χ0v) is 25.2. The number of ether oxygens (including phenoxy) is 1. The van der Waals surface area contributed by atoms with Gasteiger partial charge >= 0.3 is 0 Å². The number of hydrogen-bond acceptors (Lipinski definition) is 5. The summed E-state index contributed by atoms with van der Waals surface area (Å²) in [5, 5.41) is 3.54. The van der Waals surface area contributed by atoms with E-state index in [1.165, 1.54) is 36.3 Å². The monoisotopic (exact) mass is 605 g/mol. The Kier molecular flexibility index (Phi) is 10.8. The molecule has 3 aromatic carbocycles. The van der Waals surface area contributed by atoms with Crippen molar-refractivity contribution in [2.24, 2.45) is 0 Å². The van der Waals surface area contributed by atoms with Crippen molar-refractivity contribution in [1.82, 2.24) is 10.2 Å². The lowest BCUT2D eigenvalue weighted by atomic mass is 10.1. The molecule has 0 fully saturated rings. The number of anilines is 1. The van der Waals surface area contributed by atoms with E-state index >= 15 is 0 Å². The van der Waals surface area contributed by atoms with Crippen molar-refractivity contribution in [2.45, 2.75) is 44.7 Å². The topological polar surface area (TPSA) is 96.0 Å². The van der Waals surface area contributed by atoms with Gasteiger partial charge in [-0.1, -0.05) is 60.0 Å². The second-order valence-corrected chi connectivity index (χ2v) is 12.0. The standard InChI is InChI=1S/C29H33Cl2N3O5S/c1-5-15-32-29(36)21(3)33(18-22-7-6-8-23(30)16-22)28(35)19-34(26-17-24(31)11-14-27(26)39-4)40(37,38)25-12-9-20(2)10-13-25/h6-14,16-17,21H,5,15,18-19H2,1-4H3,(H,32,36)/t21-/m0/s1. The van der Waals surface area contributed by atoms with Crippen LogP contribution in [0.3, 0.4) is 0 Å². The fourth-order valence-corrected chi connectivity index (χ4v) is 5.82. The van der Waals surface area contributed by atoms with Crippen LogP contribution in [0, 0.1) is 6.92 Å². The fourth-order valence-electron chi connectivity index (χ4n) is 4.02. The van der Waals surface area contributed by atoms with Gasteiger partial charge in [0.25, 0.3) is 10.0 Å². The highest BCUT2D eigenvalue weighted by atomic mass is 35.5. The summed E-state index contributed by atoms with van der Waals surface area (Å²) in [6, 6.07) is 16.8. The molecule has 214 valence electrons. The smallest absolute Gasteiger partial charge is 0.264 e. The molecule has 0 aliphatic heterocycles. The molecule has 0 aliphatic carbocycles. The maximum Gasteiger partial charge on any atom is 0.264 e. The summed E-state index contributed by atoms with van der Waals surface area (Å²) in [6.07, 6.45) is 0.720. The Hall–Kier alpha value is -3.27. The number of carbonyl (C=O) groups excluding carboxylic acids is 2. The average molecular weight is 607 g/mol. The van der Waals surface area contributed by atoms with Crippen molar-refractivity contribution < 1.29 is 22.7 Å². The number of halogens is 2. The number of nitrogens with one attached hydrogen (secondary N) is 1. The molecule has 2 amide bonds. The van der Waals surface area contributed by atoms with E-state index in [9.17, 15) is 18.0 Å². The highest BCUT2D eigenvalue weighted by Crippen LogP contribution is 2.35. The Morgan fingerprint density at radius 2 is 1.68 bits per heavy atom. The molecule has 0 radical (unpaired) electrons. The molecule has 1 atom stereocenters. The average Bonchev–Trinajstić information content (AvgIpc) is 2.93. The molecule has 3 rings (SSSR count). The number of carbonyl (C=O) groups is 2. The number of sulfonamides is 1. The van der Waals surface area contributed by atoms with Crippen LogP contribution in [-0.4, -0.2) is 51.4 Å². The molecular formula is C29H33Cl2N3O5S. The Bertz CT molecular complexity index is 1450. The number of nitrogens with zero attached hydrogens (tertiary/aromatic N) is 2. The predicted molar refractivity (Wildman–Crippen MR) is 158 cm³/mol. The van der Waals surface area contributed by atoms with Crippen LogP contribution in [0.4, 0.5) is 5.69 Å². The zero-order valence-electron chi connectivity index (χ0n) is 22.9. The van der Waals surface area contributed by atoms with Crippen molar-refractivity contribution >= 4 is 50.7 Å². The summed E-state index contributed by atoms with van der Waals surface area (Å²) in [4.78, 5) is 28.3. The Labute approximate surface area is 245 Å². The van der Waals surface area contributed by atoms with E-state index in [0.717, 1.165) is 16.3 Å². The summed E-state index contributed by atoms with van der Waals surface area (Å²) in [7, 11) is -2.86. The molecular weight excluding hydrogens is 573 g/mol. The van der Waals surface area contributed by atoms with Crippen LogP contribution >= 0.6 is 23.2 Å². The van der Waals surface area contributed by atoms with E-state index in [2.05, 4.69) is 5.32 Å². The minimum Gasteiger partial charge on any atom is -0.495 e. The summed E-state index contributed by atoms with van der Waals surface area (Å²) in [6.45, 7) is 5.23. The fraction of sp³-hybridized carbons (Fsp3) is 0.310. The molecule has 0 saturated carbocycles. The molecule has 0 bridgehead atoms. The van der Waals surface area contributed by atoms with Crippen molar-refractivity contribution in [2.75, 3.05) is 24.5 Å². The van der Waals surface area contributed by atoms with Gasteiger partial charge in [0.15, 0.2) is 0 Å². The highest BCUT2D eigenvalue weighted by molar-refractivity contribution is 7.92. The Balaban J connectivity index is 2.09. The maximum absolute atomic E-state index is 14.0. The first-order valence-electron chi connectivity index (χ1n) is 12.7. The number of methoxy groups -OCH3 is 1. The van der Waals surface area contributed by atoms with Gasteiger partial charge in [0, 0.05) is 23.1 Å². The van der Waals surface area contributed by atoms with Gasteiger partial charge in [0.2, 0.25) is 11.8 Å². The van der Waals surface area contributed by atoms with Crippen molar-refractivity contribution in [1.29, 1.82) is 0 Å². The lowest BCUT2D eigenvalue weighted by Gasteiger charge is -2.32. The molecule has 0 aromatic heterocycles. The molecule has 0 unspecified atom stereocenters. The summed E-state index contributed by atoms with van der Waals surface area (Å²) >= 11 is 12.4. The molecule has 1 N–H and O–H groups in total. The van der Waals surface area contributed by atoms with E-state index in [1.807, 2.05) is 13.8 Å². The van der Waals surface area contributed by atoms with Crippen LogP contribution in [0.1, 0.15) is 31.4 Å². The van der Waals surface area contributed by atoms with Gasteiger partial charge in [-0.2, -0.15) is 0 Å². The van der Waals surface area contributed by atoms with Gasteiger partial charge in [0.05, 0.1) is 17.7 Å². The van der Waals surface area contributed by atoms with Gasteiger partial charge in [-0.25, -0.2) is 8.42 Å². The van der Waals surface area contributed by atoms with Crippen LogP contribution in [-0.2, 0) is 26.2 Å². The summed E-state index contributed by atoms with van der Waals surface area (Å²) < 4.78 is 34.4. The maximum atomic E-state index is 14.0. The van der Waals surface area contributed by atoms with Gasteiger partial charge in [-0.05, 0) is 68.3 Å². The lowest BCUT2D eigenvalue weighted by Crippen LogP contribution is -2.51. The number of rotatable bonds is 12. The number of amides is 2. The van der Waals surface area contributed by atoms with Gasteiger partial charge in [-0.3, -0.25) is 13.9 Å². The molecule has 0 aliphatic rings. The molecule has 40 heavy (non-hydrogen) atoms. The Morgan fingerprint density at radius 3 is 2.30 bits per heavy atom. The highest BCUT2D eigenvalue weighted by Gasteiger charge is 2.34. The molecule has 0 spiro atoms. The Morgan fingerprint density at radius 1 is 1.00 bits per heavy atom. The number of aryl methyl sites for hydroxylation is 1. The molecule has 0 saturated heterocycles. The number of benzene rings is 3. The van der Waals surface area contributed by atoms with Crippen LogP contribution in [0.2, 0.25) is 10.0 Å². The van der Waals surface area contributed by atoms with Crippen LogP contribution in [0.15, 0.2) is 71.6 Å². The normalized spacial score (nSPS) is 11.9. The van der Waals surface area contributed by atoms with E-state index in [1.54, 1.807) is 49.4 Å². The predicted octanol–water partition coefficient (Wildman–Crippen LogP) is 5.45. The molecule has 11 heteroatoms. The van der Waals surface area contributed by atoms with Gasteiger partial charge in [0.1, 0.15) is 18.3 Å². The largest absolute Gasteiger partial charge is 0.495 e. The molecule has 0 heterocycles. The first-order valence-corrected chi connectivity index (χ1v) is 14.9. The third-order valence-electron chi connectivity index (χ3n) is 6.26. The SMILES string of the molecule is CCCNC(=O)[C@H](C)N(Cc1cccc(Cl)c1)C(=O)CN(c1cc(Cl)ccc1OC)S(=O)(=O)c1ccc(C)cc1.